The molecule has 0 bridgehead atoms. The van der Waals surface area contributed by atoms with Crippen molar-refractivity contribution in [2.75, 3.05) is 0 Å². The van der Waals surface area contributed by atoms with E-state index in [0.717, 1.165) is 0 Å². The maximum atomic E-state index is 11.3. The molecule has 1 unspecified atom stereocenters. The van der Waals surface area contributed by atoms with Crippen molar-refractivity contribution in [2.24, 2.45) is 0 Å². The first-order valence-corrected chi connectivity index (χ1v) is 2.52. The molecule has 0 saturated heterocycles. The molecule has 6 heavy (non-hydrogen) atoms. The van der Waals surface area contributed by atoms with Crippen LogP contribution in [-0.4, -0.2) is 10.2 Å². The highest BCUT2D eigenvalue weighted by Crippen LogP contribution is 2.02. The first-order valence-electron chi connectivity index (χ1n) is 1.15. The van der Waals surface area contributed by atoms with E-state index in [4.69, 9.17) is 0 Å². The van der Waals surface area contributed by atoms with Gasteiger partial charge in [0.25, 0.3) is 0 Å². The van der Waals surface area contributed by atoms with Gasteiger partial charge >= 0.3 is 0 Å². The highest BCUT2D eigenvalue weighted by Gasteiger charge is 2.04. The molecule has 0 amide bonds. The van der Waals surface area contributed by atoms with E-state index in [1.54, 1.807) is 0 Å². The van der Waals surface area contributed by atoms with Gasteiger partial charge in [-0.15, -0.1) is 12.6 Å². The van der Waals surface area contributed by atoms with Crippen LogP contribution in [0.1, 0.15) is 0 Å². The van der Waals surface area contributed by atoms with Crippen molar-refractivity contribution in [1.82, 2.24) is 0 Å². The third-order valence-electron chi connectivity index (χ3n) is 0.187. The van der Waals surface area contributed by atoms with E-state index in [1.807, 2.05) is 0 Å². The van der Waals surface area contributed by atoms with Crippen molar-refractivity contribution < 1.29 is 9.18 Å². The van der Waals surface area contributed by atoms with Crippen molar-refractivity contribution >= 4 is 33.7 Å². The average molecular weight is 173 g/mol. The monoisotopic (exact) mass is 172 g/mol. The Morgan fingerprint density at radius 2 is 2.17 bits per heavy atom. The Labute approximate surface area is 48.5 Å². The smallest absolute Gasteiger partial charge is 0.231 e. The summed E-state index contributed by atoms with van der Waals surface area (Å²) >= 11 is 5.48. The van der Waals surface area contributed by atoms with Crippen LogP contribution >= 0.6 is 28.6 Å². The Kier molecular flexibility index (Phi) is 2.76. The van der Waals surface area contributed by atoms with E-state index >= 15 is 0 Å². The molecule has 0 aromatic carbocycles. The quantitative estimate of drug-likeness (QED) is 0.464. The van der Waals surface area contributed by atoms with Gasteiger partial charge in [0.1, 0.15) is 0 Å². The number of carbonyl (C=O) groups excluding carboxylic acids is 1. The van der Waals surface area contributed by atoms with Gasteiger partial charge in [0.2, 0.25) is 10.2 Å². The standard InChI is InChI=1S/C2H2BrFOS/c3-1(4)2(5)6/h1H,(H,5,6). The number of halogens is 2. The van der Waals surface area contributed by atoms with Crippen molar-refractivity contribution in [2.45, 2.75) is 5.08 Å². The summed E-state index contributed by atoms with van der Waals surface area (Å²) in [4.78, 5) is 9.59. The number of hydrogen-bond donors (Lipinski definition) is 1. The van der Waals surface area contributed by atoms with Crippen LogP contribution in [-0.2, 0) is 4.79 Å². The minimum Gasteiger partial charge on any atom is -0.283 e. The summed E-state index contributed by atoms with van der Waals surface area (Å²) in [7, 11) is 0. The largest absolute Gasteiger partial charge is 0.283 e. The predicted octanol–water partition coefficient (Wildman–Crippen LogP) is 1.13. The predicted molar refractivity (Wildman–Crippen MR) is 27.8 cm³/mol. The fourth-order valence-corrected chi connectivity index (χ4v) is 0. The van der Waals surface area contributed by atoms with E-state index in [-0.39, 0.29) is 0 Å². The van der Waals surface area contributed by atoms with Gasteiger partial charge in [-0.1, -0.05) is 0 Å². The van der Waals surface area contributed by atoms with Gasteiger partial charge in [-0.05, 0) is 15.9 Å². The molecular formula is C2H2BrFOS. The third-order valence-corrected chi connectivity index (χ3v) is 1.18. The fraction of sp³-hybridized carbons (Fsp3) is 0.500. The van der Waals surface area contributed by atoms with E-state index < -0.39 is 10.2 Å². The van der Waals surface area contributed by atoms with Crippen LogP contribution in [0.5, 0.6) is 0 Å². The Bertz CT molecular complexity index is 64.6. The van der Waals surface area contributed by atoms with Crippen LogP contribution in [0.25, 0.3) is 0 Å². The van der Waals surface area contributed by atoms with Crippen molar-refractivity contribution in [3.05, 3.63) is 0 Å². The molecule has 0 fully saturated rings. The highest BCUT2D eigenvalue weighted by molar-refractivity contribution is 9.10. The van der Waals surface area contributed by atoms with Crippen molar-refractivity contribution in [3.8, 4) is 0 Å². The first-order chi connectivity index (χ1) is 2.64. The normalized spacial score (nSPS) is 13.8. The van der Waals surface area contributed by atoms with E-state index in [9.17, 15) is 9.18 Å². The number of hydrogen-bond acceptors (Lipinski definition) is 1. The van der Waals surface area contributed by atoms with Crippen LogP contribution in [0.2, 0.25) is 0 Å². The highest BCUT2D eigenvalue weighted by atomic mass is 79.9. The lowest BCUT2D eigenvalue weighted by Crippen LogP contribution is -1.96. The zero-order valence-corrected chi connectivity index (χ0v) is 5.17. The van der Waals surface area contributed by atoms with Crippen LogP contribution in [0.4, 0.5) is 4.39 Å². The second-order valence-corrected chi connectivity index (χ2v) is 1.88. The molecule has 1 nitrogen and oxygen atoms in total. The first kappa shape index (κ1) is 6.43. The lowest BCUT2D eigenvalue weighted by Gasteiger charge is -1.83. The molecule has 4 heteroatoms. The molecule has 1 atom stereocenters. The number of thiol groups is 1. The summed E-state index contributed by atoms with van der Waals surface area (Å²) in [6.07, 6.45) is 0. The van der Waals surface area contributed by atoms with Gasteiger partial charge in [0.05, 0.1) is 0 Å². The lowest BCUT2D eigenvalue weighted by atomic mass is 10.9. The van der Waals surface area contributed by atoms with E-state index in [0.29, 0.717) is 0 Å². The zero-order chi connectivity index (χ0) is 5.15. The minimum atomic E-state index is -1.61. The van der Waals surface area contributed by atoms with Gasteiger partial charge in [0.15, 0.2) is 0 Å². The summed E-state index contributed by atoms with van der Waals surface area (Å²) in [5, 5.41) is -2.41. The van der Waals surface area contributed by atoms with Gasteiger partial charge < -0.3 is 0 Å². The summed E-state index contributed by atoms with van der Waals surface area (Å²) in [6, 6.07) is 0. The van der Waals surface area contributed by atoms with E-state index in [1.165, 1.54) is 0 Å². The number of carbonyl (C=O) groups is 1. The fourth-order valence-electron chi connectivity index (χ4n) is 0. The molecule has 0 aliphatic rings. The number of alkyl halides is 2. The van der Waals surface area contributed by atoms with Crippen LogP contribution in [0.15, 0.2) is 0 Å². The summed E-state index contributed by atoms with van der Waals surface area (Å²) in [5.74, 6) is 0. The van der Waals surface area contributed by atoms with Gasteiger partial charge in [-0.2, -0.15) is 0 Å². The van der Waals surface area contributed by atoms with Crippen LogP contribution < -0.4 is 0 Å². The topological polar surface area (TPSA) is 17.1 Å². The molecule has 0 saturated carbocycles. The number of rotatable bonds is 1. The summed E-state index contributed by atoms with van der Waals surface area (Å²) in [5.41, 5.74) is 0. The molecule has 0 spiro atoms. The molecule has 0 rings (SSSR count). The van der Waals surface area contributed by atoms with Gasteiger partial charge in [0, 0.05) is 0 Å². The Morgan fingerprint density at radius 1 is 2.00 bits per heavy atom. The second kappa shape index (κ2) is 2.58. The molecule has 0 aliphatic carbocycles. The zero-order valence-electron chi connectivity index (χ0n) is 2.69. The molecule has 0 aliphatic heterocycles. The Balaban J connectivity index is 3.26. The van der Waals surface area contributed by atoms with Crippen molar-refractivity contribution in [1.29, 1.82) is 0 Å². The molecule has 0 radical (unpaired) electrons. The molecular weight excluding hydrogens is 171 g/mol. The average Bonchev–Trinajstić information content (AvgIpc) is 1.36. The molecule has 36 valence electrons. The maximum Gasteiger partial charge on any atom is 0.231 e. The van der Waals surface area contributed by atoms with Crippen LogP contribution in [0, 0.1) is 0 Å². The second-order valence-electron chi connectivity index (χ2n) is 0.639. The SMILES string of the molecule is O=C(S)C(F)Br. The van der Waals surface area contributed by atoms with Crippen molar-refractivity contribution in [3.63, 3.8) is 0 Å². The third kappa shape index (κ3) is 2.66. The Morgan fingerprint density at radius 3 is 2.17 bits per heavy atom. The molecule has 0 heterocycles. The van der Waals surface area contributed by atoms with E-state index in [2.05, 4.69) is 28.6 Å². The lowest BCUT2D eigenvalue weighted by molar-refractivity contribution is -0.112. The van der Waals surface area contributed by atoms with Gasteiger partial charge in [-0.25, -0.2) is 4.39 Å². The maximum absolute atomic E-state index is 11.3. The summed E-state index contributed by atoms with van der Waals surface area (Å²) in [6.45, 7) is 0. The minimum absolute atomic E-state index is 0.796. The van der Waals surface area contributed by atoms with Crippen LogP contribution in [0.3, 0.4) is 0 Å². The Hall–Kier alpha value is 0.430. The van der Waals surface area contributed by atoms with Gasteiger partial charge in [-0.3, -0.25) is 4.79 Å². The molecule has 0 N–H and O–H groups in total. The molecule has 0 aromatic heterocycles. The summed E-state index contributed by atoms with van der Waals surface area (Å²) < 4.78 is 11.3. The molecule has 0 aromatic rings.